The van der Waals surface area contributed by atoms with Crippen LogP contribution >= 0.6 is 11.6 Å². The van der Waals surface area contributed by atoms with Gasteiger partial charge in [-0.2, -0.15) is 0 Å². The van der Waals surface area contributed by atoms with Crippen LogP contribution in [0.3, 0.4) is 0 Å². The third kappa shape index (κ3) is 6.60. The van der Waals surface area contributed by atoms with Gasteiger partial charge in [0, 0.05) is 18.1 Å². The Bertz CT molecular complexity index is 822. The van der Waals surface area contributed by atoms with E-state index < -0.39 is 6.04 Å². The second kappa shape index (κ2) is 11.6. The number of halogens is 1. The number of unbranched alkanes of at least 4 members (excludes halogenated alkanes) is 1. The molecule has 0 saturated carbocycles. The van der Waals surface area contributed by atoms with Gasteiger partial charge in [0.1, 0.15) is 6.04 Å². The molecule has 0 aromatic heterocycles. The molecule has 1 atom stereocenters. The quantitative estimate of drug-likeness (QED) is 0.561. The van der Waals surface area contributed by atoms with E-state index >= 15 is 0 Å². The van der Waals surface area contributed by atoms with Crippen molar-refractivity contribution in [1.82, 2.24) is 10.2 Å². The van der Waals surface area contributed by atoms with Crippen LogP contribution in [-0.2, 0) is 22.6 Å². The molecule has 0 fully saturated rings. The maximum Gasteiger partial charge on any atom is 0.242 e. The zero-order valence-corrected chi connectivity index (χ0v) is 18.3. The Balaban J connectivity index is 2.28. The smallest absolute Gasteiger partial charge is 0.242 e. The fourth-order valence-electron chi connectivity index (χ4n) is 3.31. The van der Waals surface area contributed by atoms with Crippen LogP contribution in [0, 0.1) is 6.92 Å². The molecule has 4 nitrogen and oxygen atoms in total. The Kier molecular flexibility index (Phi) is 9.20. The van der Waals surface area contributed by atoms with E-state index in [1.807, 2.05) is 62.4 Å². The summed E-state index contributed by atoms with van der Waals surface area (Å²) in [6, 6.07) is 14.8. The molecule has 0 aliphatic heterocycles. The topological polar surface area (TPSA) is 49.4 Å². The molecule has 2 aromatic rings. The minimum absolute atomic E-state index is 0.0725. The van der Waals surface area contributed by atoms with Crippen LogP contribution in [0.25, 0.3) is 0 Å². The number of benzene rings is 2. The SMILES string of the molecule is CCCCNC(=O)[C@@H](CC)N(Cc1ccccc1Cl)C(=O)Cc1ccccc1C. The van der Waals surface area contributed by atoms with Crippen LogP contribution < -0.4 is 5.32 Å². The molecule has 0 saturated heterocycles. The molecule has 0 spiro atoms. The number of nitrogens with one attached hydrogen (secondary N) is 1. The highest BCUT2D eigenvalue weighted by molar-refractivity contribution is 6.31. The molecule has 0 heterocycles. The van der Waals surface area contributed by atoms with Gasteiger partial charge in [-0.15, -0.1) is 0 Å². The van der Waals surface area contributed by atoms with E-state index in [1.165, 1.54) is 0 Å². The molecule has 0 aliphatic carbocycles. The number of hydrogen-bond donors (Lipinski definition) is 1. The van der Waals surface area contributed by atoms with Gasteiger partial charge in [-0.05, 0) is 42.5 Å². The van der Waals surface area contributed by atoms with Crippen LogP contribution in [0.5, 0.6) is 0 Å². The summed E-state index contributed by atoms with van der Waals surface area (Å²) in [6.45, 7) is 6.95. The van der Waals surface area contributed by atoms with E-state index in [4.69, 9.17) is 11.6 Å². The van der Waals surface area contributed by atoms with Gasteiger partial charge in [0.15, 0.2) is 0 Å². The standard InChI is InChI=1S/C24H31ClN2O2/c1-4-6-15-26-24(29)22(5-2)27(17-20-13-9-10-14-21(20)25)23(28)16-19-12-8-7-11-18(19)3/h7-14,22H,4-6,15-17H2,1-3H3,(H,26,29)/t22-/m1/s1. The average Bonchev–Trinajstić information content (AvgIpc) is 2.71. The Morgan fingerprint density at radius 1 is 1.03 bits per heavy atom. The Morgan fingerprint density at radius 2 is 1.69 bits per heavy atom. The second-order valence-corrected chi connectivity index (χ2v) is 7.69. The summed E-state index contributed by atoms with van der Waals surface area (Å²) in [4.78, 5) is 27.8. The number of amides is 2. The molecule has 1 N–H and O–H groups in total. The van der Waals surface area contributed by atoms with E-state index in [2.05, 4.69) is 12.2 Å². The van der Waals surface area contributed by atoms with Crippen molar-refractivity contribution in [3.05, 3.63) is 70.2 Å². The molecule has 0 aliphatic rings. The maximum atomic E-state index is 13.3. The van der Waals surface area contributed by atoms with Crippen LogP contribution in [0.2, 0.25) is 5.02 Å². The summed E-state index contributed by atoms with van der Waals surface area (Å²) in [5.41, 5.74) is 2.88. The van der Waals surface area contributed by atoms with Crippen molar-refractivity contribution in [2.75, 3.05) is 6.54 Å². The lowest BCUT2D eigenvalue weighted by Gasteiger charge is -2.31. The van der Waals surface area contributed by atoms with Crippen LogP contribution in [0.1, 0.15) is 49.8 Å². The first kappa shape index (κ1) is 23.0. The zero-order chi connectivity index (χ0) is 21.2. The fraction of sp³-hybridized carbons (Fsp3) is 0.417. The lowest BCUT2D eigenvalue weighted by atomic mass is 10.0. The van der Waals surface area contributed by atoms with Crippen LogP contribution in [-0.4, -0.2) is 29.3 Å². The third-order valence-corrected chi connectivity index (χ3v) is 5.49. The highest BCUT2D eigenvalue weighted by Gasteiger charge is 2.29. The van der Waals surface area contributed by atoms with Gasteiger partial charge in [0.25, 0.3) is 0 Å². The predicted octanol–water partition coefficient (Wildman–Crippen LogP) is 4.91. The zero-order valence-electron chi connectivity index (χ0n) is 17.6. The maximum absolute atomic E-state index is 13.3. The van der Waals surface area contributed by atoms with Crippen molar-refractivity contribution in [1.29, 1.82) is 0 Å². The van der Waals surface area contributed by atoms with Crippen LogP contribution in [0.4, 0.5) is 0 Å². The van der Waals surface area contributed by atoms with Crippen molar-refractivity contribution in [3.63, 3.8) is 0 Å². The Labute approximate surface area is 179 Å². The second-order valence-electron chi connectivity index (χ2n) is 7.28. The Hall–Kier alpha value is -2.33. The monoisotopic (exact) mass is 414 g/mol. The normalized spacial score (nSPS) is 11.7. The number of carbonyl (C=O) groups is 2. The van der Waals surface area contributed by atoms with E-state index in [0.717, 1.165) is 29.5 Å². The summed E-state index contributed by atoms with van der Waals surface area (Å²) >= 11 is 6.35. The fourth-order valence-corrected chi connectivity index (χ4v) is 3.50. The average molecular weight is 415 g/mol. The highest BCUT2D eigenvalue weighted by Crippen LogP contribution is 2.21. The largest absolute Gasteiger partial charge is 0.354 e. The number of hydrogen-bond acceptors (Lipinski definition) is 2. The molecule has 0 radical (unpaired) electrons. The van der Waals surface area contributed by atoms with Crippen molar-refractivity contribution < 1.29 is 9.59 Å². The molecule has 156 valence electrons. The Morgan fingerprint density at radius 3 is 2.31 bits per heavy atom. The van der Waals surface area contributed by atoms with Crippen molar-refractivity contribution in [2.24, 2.45) is 0 Å². The molecular weight excluding hydrogens is 384 g/mol. The number of aryl methyl sites for hydroxylation is 1. The summed E-state index contributed by atoms with van der Waals surface area (Å²) in [5, 5.41) is 3.58. The van der Waals surface area contributed by atoms with E-state index in [9.17, 15) is 9.59 Å². The van der Waals surface area contributed by atoms with E-state index in [1.54, 1.807) is 4.90 Å². The summed E-state index contributed by atoms with van der Waals surface area (Å²) in [7, 11) is 0. The number of rotatable bonds is 10. The van der Waals surface area contributed by atoms with Crippen molar-refractivity contribution in [2.45, 2.75) is 59.0 Å². The first-order chi connectivity index (χ1) is 14.0. The highest BCUT2D eigenvalue weighted by atomic mass is 35.5. The summed E-state index contributed by atoms with van der Waals surface area (Å²) < 4.78 is 0. The molecule has 5 heteroatoms. The van der Waals surface area contributed by atoms with Gasteiger partial charge in [-0.3, -0.25) is 9.59 Å². The molecule has 29 heavy (non-hydrogen) atoms. The lowest BCUT2D eigenvalue weighted by Crippen LogP contribution is -2.49. The number of carbonyl (C=O) groups excluding carboxylic acids is 2. The molecule has 0 unspecified atom stereocenters. The van der Waals surface area contributed by atoms with Gasteiger partial charge >= 0.3 is 0 Å². The molecule has 2 amide bonds. The van der Waals surface area contributed by atoms with Gasteiger partial charge in [-0.25, -0.2) is 0 Å². The number of nitrogens with zero attached hydrogens (tertiary/aromatic N) is 1. The van der Waals surface area contributed by atoms with Gasteiger partial charge in [0.2, 0.25) is 11.8 Å². The minimum Gasteiger partial charge on any atom is -0.354 e. The summed E-state index contributed by atoms with van der Waals surface area (Å²) in [5.74, 6) is -0.178. The van der Waals surface area contributed by atoms with E-state index in [0.29, 0.717) is 24.5 Å². The van der Waals surface area contributed by atoms with Crippen molar-refractivity contribution >= 4 is 23.4 Å². The summed E-state index contributed by atoms with van der Waals surface area (Å²) in [6.07, 6.45) is 2.73. The lowest BCUT2D eigenvalue weighted by molar-refractivity contribution is -0.140. The molecule has 0 bridgehead atoms. The molecular formula is C24H31ClN2O2. The first-order valence-corrected chi connectivity index (χ1v) is 10.7. The minimum atomic E-state index is -0.528. The van der Waals surface area contributed by atoms with Gasteiger partial charge in [0.05, 0.1) is 6.42 Å². The molecule has 2 rings (SSSR count). The predicted molar refractivity (Wildman–Crippen MR) is 119 cm³/mol. The van der Waals surface area contributed by atoms with E-state index in [-0.39, 0.29) is 18.2 Å². The first-order valence-electron chi connectivity index (χ1n) is 10.3. The third-order valence-electron chi connectivity index (χ3n) is 5.12. The van der Waals surface area contributed by atoms with Crippen LogP contribution in [0.15, 0.2) is 48.5 Å². The molecule has 2 aromatic carbocycles. The van der Waals surface area contributed by atoms with Gasteiger partial charge in [-0.1, -0.05) is 74.3 Å². The van der Waals surface area contributed by atoms with Crippen molar-refractivity contribution in [3.8, 4) is 0 Å². The van der Waals surface area contributed by atoms with Gasteiger partial charge < -0.3 is 10.2 Å².